The number of fused-ring (bicyclic) bond motifs is 2. The van der Waals surface area contributed by atoms with E-state index in [1.54, 1.807) is 25.4 Å². The van der Waals surface area contributed by atoms with Crippen LogP contribution in [0, 0.1) is 24.1 Å². The van der Waals surface area contributed by atoms with E-state index in [1.807, 2.05) is 16.7 Å². The lowest BCUT2D eigenvalue weighted by molar-refractivity contribution is 0.619. The fourth-order valence-electron chi connectivity index (χ4n) is 3.31. The fraction of sp³-hybridized carbons (Fsp3) is 0.211. The van der Waals surface area contributed by atoms with E-state index in [-0.39, 0.29) is 5.82 Å². The Morgan fingerprint density at radius 2 is 2.00 bits per heavy atom. The summed E-state index contributed by atoms with van der Waals surface area (Å²) < 4.78 is 18.1. The Kier molecular flexibility index (Phi) is 2.78. The van der Waals surface area contributed by atoms with E-state index in [0.717, 1.165) is 35.3 Å². The maximum Gasteiger partial charge on any atom is 0.216 e. The zero-order chi connectivity index (χ0) is 17.1. The van der Waals surface area contributed by atoms with Crippen LogP contribution in [0.3, 0.4) is 0 Å². The first kappa shape index (κ1) is 14.2. The number of rotatable bonds is 2. The minimum absolute atomic E-state index is 0.255. The lowest BCUT2D eigenvalue weighted by Crippen LogP contribution is -2.05. The number of nitriles is 1. The second-order valence-electron chi connectivity index (χ2n) is 6.53. The molecule has 2 aromatic heterocycles. The van der Waals surface area contributed by atoms with Gasteiger partial charge in [0.1, 0.15) is 12.1 Å². The number of aromatic nitrogens is 4. The van der Waals surface area contributed by atoms with Crippen molar-refractivity contribution in [3.8, 4) is 12.0 Å². The van der Waals surface area contributed by atoms with Gasteiger partial charge in [0.25, 0.3) is 0 Å². The van der Waals surface area contributed by atoms with Gasteiger partial charge in [0.15, 0.2) is 0 Å². The van der Waals surface area contributed by atoms with E-state index in [1.165, 1.54) is 6.07 Å². The molecule has 0 N–H and O–H groups in total. The normalized spacial score (nSPS) is 14.3. The molecule has 2 aromatic carbocycles. The molecule has 122 valence electrons. The average Bonchev–Trinajstić information content (AvgIpc) is 3.27. The highest BCUT2D eigenvalue weighted by atomic mass is 19.1. The molecule has 0 spiro atoms. The first-order chi connectivity index (χ1) is 12.2. The van der Waals surface area contributed by atoms with Gasteiger partial charge in [0.2, 0.25) is 5.95 Å². The SMILES string of the molecule is Cc1cc2ncn(-c3nc4ccc(C#N)cc4n3C3CC3)c2cc1F. The molecule has 4 aromatic rings. The number of hydrogen-bond donors (Lipinski definition) is 0. The number of aryl methyl sites for hydroxylation is 1. The van der Waals surface area contributed by atoms with E-state index in [0.29, 0.717) is 22.7 Å². The standard InChI is InChI=1S/C19H14FN5/c1-11-6-16-17(8-14(11)20)24(10-22-16)19-23-15-5-2-12(9-21)7-18(15)25(19)13-3-4-13/h2,5-8,10,13H,3-4H2,1H3. The van der Waals surface area contributed by atoms with Crippen molar-refractivity contribution in [2.45, 2.75) is 25.8 Å². The molecule has 1 saturated carbocycles. The lowest BCUT2D eigenvalue weighted by Gasteiger charge is -2.09. The molecule has 0 aliphatic heterocycles. The molecule has 6 heteroatoms. The molecule has 5 rings (SSSR count). The molecule has 0 bridgehead atoms. The van der Waals surface area contributed by atoms with Crippen LogP contribution >= 0.6 is 0 Å². The summed E-state index contributed by atoms with van der Waals surface area (Å²) in [4.78, 5) is 9.16. The maximum absolute atomic E-state index is 14.1. The number of imidazole rings is 2. The summed E-state index contributed by atoms with van der Waals surface area (Å²) in [6.07, 6.45) is 3.85. The van der Waals surface area contributed by atoms with Crippen LogP contribution in [-0.4, -0.2) is 19.1 Å². The van der Waals surface area contributed by atoms with Gasteiger partial charge in [-0.15, -0.1) is 0 Å². The highest BCUT2D eigenvalue weighted by molar-refractivity contribution is 5.82. The summed E-state index contributed by atoms with van der Waals surface area (Å²) in [7, 11) is 0. The van der Waals surface area contributed by atoms with Crippen LogP contribution in [0.4, 0.5) is 4.39 Å². The number of benzene rings is 2. The Labute approximate surface area is 143 Å². The van der Waals surface area contributed by atoms with Crippen molar-refractivity contribution >= 4 is 22.1 Å². The van der Waals surface area contributed by atoms with Crippen molar-refractivity contribution in [3.05, 3.63) is 53.6 Å². The van der Waals surface area contributed by atoms with Crippen LogP contribution < -0.4 is 0 Å². The second-order valence-corrected chi connectivity index (χ2v) is 6.53. The predicted octanol–water partition coefficient (Wildman–Crippen LogP) is 4.03. The molecule has 0 radical (unpaired) electrons. The molecular weight excluding hydrogens is 317 g/mol. The third kappa shape index (κ3) is 2.06. The van der Waals surface area contributed by atoms with Crippen molar-refractivity contribution in [1.82, 2.24) is 19.1 Å². The van der Waals surface area contributed by atoms with Gasteiger partial charge >= 0.3 is 0 Å². The number of halogens is 1. The van der Waals surface area contributed by atoms with Crippen LogP contribution in [0.15, 0.2) is 36.7 Å². The fourth-order valence-corrected chi connectivity index (χ4v) is 3.31. The van der Waals surface area contributed by atoms with Crippen LogP contribution in [0.5, 0.6) is 0 Å². The van der Waals surface area contributed by atoms with Crippen molar-refractivity contribution in [3.63, 3.8) is 0 Å². The summed E-state index contributed by atoms with van der Waals surface area (Å²) in [5, 5.41) is 9.19. The summed E-state index contributed by atoms with van der Waals surface area (Å²) in [5.41, 5.74) is 4.39. The molecular formula is C19H14FN5. The Hall–Kier alpha value is -3.20. The lowest BCUT2D eigenvalue weighted by atomic mass is 10.2. The summed E-state index contributed by atoms with van der Waals surface area (Å²) in [6, 6.07) is 11.3. The molecule has 0 unspecified atom stereocenters. The molecule has 0 amide bonds. The first-order valence-corrected chi connectivity index (χ1v) is 8.21. The van der Waals surface area contributed by atoms with E-state index in [4.69, 9.17) is 4.98 Å². The molecule has 1 aliphatic carbocycles. The van der Waals surface area contributed by atoms with Crippen molar-refractivity contribution < 1.29 is 4.39 Å². The third-order valence-electron chi connectivity index (χ3n) is 4.76. The van der Waals surface area contributed by atoms with Crippen molar-refractivity contribution in [1.29, 1.82) is 5.26 Å². The Morgan fingerprint density at radius 1 is 1.16 bits per heavy atom. The van der Waals surface area contributed by atoms with Gasteiger partial charge in [0, 0.05) is 12.1 Å². The molecule has 0 atom stereocenters. The molecule has 1 fully saturated rings. The quantitative estimate of drug-likeness (QED) is 0.557. The summed E-state index contributed by atoms with van der Waals surface area (Å²) >= 11 is 0. The second kappa shape index (κ2) is 4.90. The minimum Gasteiger partial charge on any atom is -0.306 e. The van der Waals surface area contributed by atoms with E-state index in [9.17, 15) is 9.65 Å². The summed E-state index contributed by atoms with van der Waals surface area (Å²) in [5.74, 6) is 0.466. The van der Waals surface area contributed by atoms with Gasteiger partial charge in [-0.05, 0) is 49.6 Å². The smallest absolute Gasteiger partial charge is 0.216 e. The molecule has 2 heterocycles. The van der Waals surface area contributed by atoms with Crippen LogP contribution in [0.2, 0.25) is 0 Å². The molecule has 1 aliphatic rings. The van der Waals surface area contributed by atoms with Gasteiger partial charge in [-0.2, -0.15) is 5.26 Å². The highest BCUT2D eigenvalue weighted by Crippen LogP contribution is 2.40. The van der Waals surface area contributed by atoms with Crippen LogP contribution in [0.1, 0.15) is 30.0 Å². The Bertz CT molecular complexity index is 1190. The van der Waals surface area contributed by atoms with Gasteiger partial charge in [-0.1, -0.05) is 0 Å². The average molecular weight is 331 g/mol. The van der Waals surface area contributed by atoms with Crippen molar-refractivity contribution in [2.24, 2.45) is 0 Å². The third-order valence-corrected chi connectivity index (χ3v) is 4.76. The minimum atomic E-state index is -0.255. The maximum atomic E-state index is 14.1. The number of nitrogens with zero attached hydrogens (tertiary/aromatic N) is 5. The van der Waals surface area contributed by atoms with Gasteiger partial charge < -0.3 is 4.57 Å². The molecule has 25 heavy (non-hydrogen) atoms. The van der Waals surface area contributed by atoms with Crippen LogP contribution in [-0.2, 0) is 0 Å². The van der Waals surface area contributed by atoms with Gasteiger partial charge in [0.05, 0.1) is 33.7 Å². The highest BCUT2D eigenvalue weighted by Gasteiger charge is 2.29. The van der Waals surface area contributed by atoms with Crippen molar-refractivity contribution in [2.75, 3.05) is 0 Å². The van der Waals surface area contributed by atoms with E-state index >= 15 is 0 Å². The number of hydrogen-bond acceptors (Lipinski definition) is 3. The zero-order valence-electron chi connectivity index (χ0n) is 13.6. The van der Waals surface area contributed by atoms with Crippen LogP contribution in [0.25, 0.3) is 28.0 Å². The molecule has 5 nitrogen and oxygen atoms in total. The van der Waals surface area contributed by atoms with E-state index < -0.39 is 0 Å². The summed E-state index contributed by atoms with van der Waals surface area (Å²) in [6.45, 7) is 1.73. The van der Waals surface area contributed by atoms with Gasteiger partial charge in [-0.3, -0.25) is 4.57 Å². The largest absolute Gasteiger partial charge is 0.306 e. The zero-order valence-corrected chi connectivity index (χ0v) is 13.6. The monoisotopic (exact) mass is 331 g/mol. The Balaban J connectivity index is 1.82. The predicted molar refractivity (Wildman–Crippen MR) is 92.0 cm³/mol. The van der Waals surface area contributed by atoms with E-state index in [2.05, 4.69) is 15.6 Å². The van der Waals surface area contributed by atoms with Gasteiger partial charge in [-0.25, -0.2) is 14.4 Å². The first-order valence-electron chi connectivity index (χ1n) is 8.21. The topological polar surface area (TPSA) is 59.4 Å². The Morgan fingerprint density at radius 3 is 2.76 bits per heavy atom. The molecule has 0 saturated heterocycles.